The van der Waals surface area contributed by atoms with E-state index in [1.54, 1.807) is 12.1 Å². The van der Waals surface area contributed by atoms with E-state index in [1.807, 2.05) is 30.3 Å². The van der Waals surface area contributed by atoms with Crippen molar-refractivity contribution < 1.29 is 27.9 Å². The minimum absolute atomic E-state index is 0.165. The summed E-state index contributed by atoms with van der Waals surface area (Å²) in [4.78, 5) is 17.0. The van der Waals surface area contributed by atoms with Crippen molar-refractivity contribution in [3.8, 4) is 23.5 Å². The van der Waals surface area contributed by atoms with Crippen LogP contribution in [0.25, 0.3) is 0 Å². The lowest BCUT2D eigenvalue weighted by atomic mass is 10.2. The molecule has 0 aliphatic carbocycles. The first-order valence-corrected chi connectivity index (χ1v) is 8.51. The van der Waals surface area contributed by atoms with Gasteiger partial charge in [-0.05, 0) is 47.7 Å². The molecule has 0 saturated heterocycles. The number of furan rings is 1. The molecule has 7 heteroatoms. The van der Waals surface area contributed by atoms with E-state index in [2.05, 4.69) is 21.7 Å². The highest BCUT2D eigenvalue weighted by Crippen LogP contribution is 2.23. The second-order valence-corrected chi connectivity index (χ2v) is 5.62. The maximum atomic E-state index is 12.9. The lowest BCUT2D eigenvalue weighted by molar-refractivity contribution is -0.132. The molecular weight excluding hydrogens is 377 g/mol. The molecule has 0 spiro atoms. The molecule has 0 aliphatic heterocycles. The Hall–Kier alpha value is -4.05. The summed E-state index contributed by atoms with van der Waals surface area (Å²) in [5, 5.41) is 3.75. The van der Waals surface area contributed by atoms with Crippen LogP contribution in [0.4, 0.5) is 4.39 Å². The molecule has 6 nitrogen and oxygen atoms in total. The van der Waals surface area contributed by atoms with Crippen molar-refractivity contribution in [2.45, 2.75) is 6.61 Å². The Morgan fingerprint density at radius 3 is 2.55 bits per heavy atom. The number of carbonyl (C=O) groups excluding carboxylic acids is 1. The van der Waals surface area contributed by atoms with Crippen LogP contribution in [-0.2, 0) is 21.0 Å². The molecule has 0 N–H and O–H groups in total. The molecule has 1 aromatic heterocycles. The van der Waals surface area contributed by atoms with Crippen LogP contribution < -0.4 is 4.74 Å². The van der Waals surface area contributed by atoms with Crippen LogP contribution in [0.5, 0.6) is 11.7 Å². The molecule has 3 rings (SSSR count). The molecule has 0 saturated carbocycles. The summed E-state index contributed by atoms with van der Waals surface area (Å²) in [7, 11) is 1.22. The van der Waals surface area contributed by atoms with Gasteiger partial charge < -0.3 is 18.7 Å². The normalized spacial score (nSPS) is 10.6. The number of hydrogen-bond donors (Lipinski definition) is 0. The first-order valence-electron chi connectivity index (χ1n) is 8.51. The summed E-state index contributed by atoms with van der Waals surface area (Å²) in [6.07, 6.45) is 0. The summed E-state index contributed by atoms with van der Waals surface area (Å²) in [6.45, 7) is 0.180. The highest BCUT2D eigenvalue weighted by Gasteiger charge is 2.10. The fourth-order valence-electron chi connectivity index (χ4n) is 2.14. The van der Waals surface area contributed by atoms with Crippen molar-refractivity contribution in [1.82, 2.24) is 0 Å². The zero-order valence-electron chi connectivity index (χ0n) is 15.4. The number of rotatable bonds is 6. The van der Waals surface area contributed by atoms with Crippen LogP contribution in [0.1, 0.15) is 11.3 Å². The van der Waals surface area contributed by atoms with Gasteiger partial charge in [-0.15, -0.1) is 0 Å². The maximum Gasteiger partial charge on any atom is 0.368 e. The first-order chi connectivity index (χ1) is 14.1. The summed E-state index contributed by atoms with van der Waals surface area (Å²) < 4.78 is 28.5. The van der Waals surface area contributed by atoms with Gasteiger partial charge in [0.15, 0.2) is 5.76 Å². The van der Waals surface area contributed by atoms with Crippen molar-refractivity contribution >= 4 is 11.7 Å². The highest BCUT2D eigenvalue weighted by molar-refractivity contribution is 6.43. The van der Waals surface area contributed by atoms with Crippen LogP contribution in [-0.4, -0.2) is 18.8 Å². The third-order valence-corrected chi connectivity index (χ3v) is 3.53. The van der Waals surface area contributed by atoms with Crippen LogP contribution in [0.2, 0.25) is 0 Å². The van der Waals surface area contributed by atoms with Gasteiger partial charge in [0.1, 0.15) is 18.2 Å². The van der Waals surface area contributed by atoms with Crippen LogP contribution in [0, 0.1) is 17.7 Å². The quantitative estimate of drug-likeness (QED) is 0.270. The number of hydrogen-bond acceptors (Lipinski definition) is 6. The third-order valence-electron chi connectivity index (χ3n) is 3.53. The molecule has 3 aromatic rings. The SMILES string of the molecule is COC(=O)/C(C#Cc1ccc(Oc2ccc(F)cc2)o1)=N/OCc1ccccc1. The van der Waals surface area contributed by atoms with Crippen molar-refractivity contribution in [2.24, 2.45) is 5.16 Å². The van der Waals surface area contributed by atoms with E-state index >= 15 is 0 Å². The van der Waals surface area contributed by atoms with Crippen LogP contribution in [0.3, 0.4) is 0 Å². The Bertz CT molecular complexity index is 1050. The third kappa shape index (κ3) is 5.97. The monoisotopic (exact) mass is 393 g/mol. The van der Waals surface area contributed by atoms with Crippen molar-refractivity contribution in [1.29, 1.82) is 0 Å². The number of carbonyl (C=O) groups is 1. The van der Waals surface area contributed by atoms with E-state index < -0.39 is 5.97 Å². The number of nitrogens with zero attached hydrogens (tertiary/aromatic N) is 1. The van der Waals surface area contributed by atoms with Gasteiger partial charge in [0.25, 0.3) is 5.95 Å². The molecule has 0 radical (unpaired) electrons. The zero-order chi connectivity index (χ0) is 20.5. The Labute approximate surface area is 166 Å². The van der Waals surface area contributed by atoms with E-state index in [1.165, 1.54) is 31.4 Å². The molecule has 0 fully saturated rings. The maximum absolute atomic E-state index is 12.9. The number of methoxy groups -OCH3 is 1. The van der Waals surface area contributed by atoms with Crippen LogP contribution >= 0.6 is 0 Å². The van der Waals surface area contributed by atoms with Gasteiger partial charge in [-0.2, -0.15) is 0 Å². The van der Waals surface area contributed by atoms with Gasteiger partial charge in [0.05, 0.1) is 7.11 Å². The van der Waals surface area contributed by atoms with Gasteiger partial charge >= 0.3 is 5.97 Å². The average Bonchev–Trinajstić information content (AvgIpc) is 3.19. The van der Waals surface area contributed by atoms with Crippen molar-refractivity contribution in [2.75, 3.05) is 7.11 Å². The zero-order valence-corrected chi connectivity index (χ0v) is 15.4. The predicted molar refractivity (Wildman–Crippen MR) is 103 cm³/mol. The van der Waals surface area contributed by atoms with E-state index in [0.29, 0.717) is 5.75 Å². The second-order valence-electron chi connectivity index (χ2n) is 5.62. The van der Waals surface area contributed by atoms with E-state index in [0.717, 1.165) is 5.56 Å². The molecule has 0 amide bonds. The minimum Gasteiger partial charge on any atom is -0.464 e. The number of oxime groups is 1. The molecule has 29 heavy (non-hydrogen) atoms. The lowest BCUT2D eigenvalue weighted by Gasteiger charge is -2.01. The van der Waals surface area contributed by atoms with Gasteiger partial charge in [-0.25, -0.2) is 9.18 Å². The van der Waals surface area contributed by atoms with Gasteiger partial charge in [-0.3, -0.25) is 0 Å². The lowest BCUT2D eigenvalue weighted by Crippen LogP contribution is -2.14. The predicted octanol–water partition coefficient (Wildman–Crippen LogP) is 4.31. The van der Waals surface area contributed by atoms with E-state index in [-0.39, 0.29) is 29.8 Å². The number of esters is 1. The molecule has 0 aliphatic rings. The number of ether oxygens (including phenoxy) is 2. The molecule has 1 heterocycles. The molecular formula is C22H16FNO5. The molecule has 0 atom stereocenters. The van der Waals surface area contributed by atoms with Gasteiger partial charge in [0, 0.05) is 6.07 Å². The average molecular weight is 393 g/mol. The summed E-state index contributed by atoms with van der Waals surface area (Å²) in [5.74, 6) is 4.92. The molecule has 146 valence electrons. The number of halogens is 1. The highest BCUT2D eigenvalue weighted by atomic mass is 19.1. The second kappa shape index (κ2) is 9.76. The van der Waals surface area contributed by atoms with Gasteiger partial charge in [0.2, 0.25) is 5.71 Å². The standard InChI is InChI=1S/C22H16FNO5/c1-26-22(25)20(24-27-15-16-5-3-2-4-6-16)13-11-19-12-14-21(29-19)28-18-9-7-17(23)8-10-18/h2-10,12,14H,15H2,1H3/b24-20+. The summed E-state index contributed by atoms with van der Waals surface area (Å²) in [5.41, 5.74) is 0.683. The Balaban J connectivity index is 1.67. The van der Waals surface area contributed by atoms with Gasteiger partial charge in [-0.1, -0.05) is 35.5 Å². The van der Waals surface area contributed by atoms with E-state index in [4.69, 9.17) is 14.0 Å². The fourth-order valence-corrected chi connectivity index (χ4v) is 2.14. The topological polar surface area (TPSA) is 70.3 Å². The van der Waals surface area contributed by atoms with Crippen LogP contribution in [0.15, 0.2) is 76.3 Å². The number of benzene rings is 2. The Morgan fingerprint density at radius 1 is 1.07 bits per heavy atom. The van der Waals surface area contributed by atoms with Crippen molar-refractivity contribution in [3.05, 3.63) is 83.9 Å². The smallest absolute Gasteiger partial charge is 0.368 e. The molecule has 2 aromatic carbocycles. The minimum atomic E-state index is -0.736. The summed E-state index contributed by atoms with van der Waals surface area (Å²) in [6, 6.07) is 17.9. The Morgan fingerprint density at radius 2 is 1.83 bits per heavy atom. The summed E-state index contributed by atoms with van der Waals surface area (Å²) >= 11 is 0. The fraction of sp³-hybridized carbons (Fsp3) is 0.0909. The Kier molecular flexibility index (Phi) is 6.63. The van der Waals surface area contributed by atoms with Crippen molar-refractivity contribution in [3.63, 3.8) is 0 Å². The first kappa shape index (κ1) is 19.7. The largest absolute Gasteiger partial charge is 0.464 e. The van der Waals surface area contributed by atoms with E-state index in [9.17, 15) is 9.18 Å². The molecule has 0 bridgehead atoms. The molecule has 0 unspecified atom stereocenters.